The molecule has 2 atom stereocenters. The number of amidine groups is 1. The average Bonchev–Trinajstić information content (AvgIpc) is 2.87. The molecule has 0 bridgehead atoms. The van der Waals surface area contributed by atoms with Crippen LogP contribution in [0.5, 0.6) is 5.75 Å². The predicted molar refractivity (Wildman–Crippen MR) is 140 cm³/mol. The molecule has 37 heavy (non-hydrogen) atoms. The summed E-state index contributed by atoms with van der Waals surface area (Å²) < 4.78 is 13.9. The number of phenolic OH excluding ortho intramolecular Hbond substituents is 1. The Bertz CT molecular complexity index is 1390. The van der Waals surface area contributed by atoms with Gasteiger partial charge in [-0.05, 0) is 37.7 Å². The second kappa shape index (κ2) is 10.5. The minimum atomic E-state index is -0.724. The second-order valence-electron chi connectivity index (χ2n) is 8.34. The van der Waals surface area contributed by atoms with E-state index in [0.29, 0.717) is 11.5 Å². The first-order chi connectivity index (χ1) is 17.7. The number of hydrogen-bond acceptors (Lipinski definition) is 10. The van der Waals surface area contributed by atoms with Crippen LogP contribution in [0.3, 0.4) is 0 Å². The van der Waals surface area contributed by atoms with E-state index in [4.69, 9.17) is 16.6 Å². The number of para-hydroxylation sites is 1. The first-order valence-corrected chi connectivity index (χ1v) is 11.3. The quantitative estimate of drug-likeness (QED) is 0.255. The van der Waals surface area contributed by atoms with E-state index >= 15 is 0 Å². The third-order valence-corrected chi connectivity index (χ3v) is 5.93. The monoisotopic (exact) mass is 503 g/mol. The van der Waals surface area contributed by atoms with Crippen molar-refractivity contribution in [3.8, 4) is 5.75 Å². The summed E-state index contributed by atoms with van der Waals surface area (Å²) >= 11 is 0. The van der Waals surface area contributed by atoms with Gasteiger partial charge in [-0.15, -0.1) is 0 Å². The highest BCUT2D eigenvalue weighted by molar-refractivity contribution is 6.23. The number of carbonyl (C=O) groups is 1. The van der Waals surface area contributed by atoms with E-state index in [9.17, 15) is 14.3 Å². The predicted octanol–water partition coefficient (Wildman–Crippen LogP) is 2.09. The Morgan fingerprint density at radius 3 is 2.70 bits per heavy atom. The molecule has 1 aliphatic heterocycles. The molecule has 0 aliphatic carbocycles. The lowest BCUT2D eigenvalue weighted by atomic mass is 10.0. The SMILES string of the molecule is CNC1C(=O)N(c2ccccc2C)C(CNc2ncnc(N)c2C(=N)c2cc(O)cc(F)c2)=NC1C=N. The van der Waals surface area contributed by atoms with E-state index in [0.717, 1.165) is 23.9 Å². The highest BCUT2D eigenvalue weighted by Gasteiger charge is 2.38. The van der Waals surface area contributed by atoms with Gasteiger partial charge in [-0.2, -0.15) is 0 Å². The number of aromatic nitrogens is 2. The van der Waals surface area contributed by atoms with Crippen molar-refractivity contribution in [2.45, 2.75) is 19.0 Å². The van der Waals surface area contributed by atoms with Crippen molar-refractivity contribution in [3.63, 3.8) is 0 Å². The molecule has 1 aliphatic rings. The highest BCUT2D eigenvalue weighted by Crippen LogP contribution is 2.27. The summed E-state index contributed by atoms with van der Waals surface area (Å²) in [5, 5.41) is 32.2. The molecule has 4 rings (SSSR count). The summed E-state index contributed by atoms with van der Waals surface area (Å²) in [6.45, 7) is 1.87. The molecule has 7 N–H and O–H groups in total. The summed E-state index contributed by atoms with van der Waals surface area (Å²) in [4.78, 5) is 27.8. The highest BCUT2D eigenvalue weighted by atomic mass is 19.1. The van der Waals surface area contributed by atoms with Crippen molar-refractivity contribution in [1.29, 1.82) is 10.8 Å². The number of phenols is 1. The summed E-state index contributed by atoms with van der Waals surface area (Å²) in [7, 11) is 1.64. The molecule has 0 radical (unpaired) electrons. The molecule has 190 valence electrons. The van der Waals surface area contributed by atoms with Gasteiger partial charge in [0.1, 0.15) is 47.4 Å². The molecule has 12 heteroatoms. The number of nitrogens with zero attached hydrogens (tertiary/aromatic N) is 4. The summed E-state index contributed by atoms with van der Waals surface area (Å²) in [6.07, 6.45) is 2.32. The van der Waals surface area contributed by atoms with Crippen LogP contribution in [0.25, 0.3) is 0 Å². The molecular formula is C25H26FN9O2. The molecule has 1 amide bonds. The largest absolute Gasteiger partial charge is 0.508 e. The number of benzene rings is 2. The lowest BCUT2D eigenvalue weighted by Crippen LogP contribution is -2.59. The van der Waals surface area contributed by atoms with Gasteiger partial charge >= 0.3 is 0 Å². The van der Waals surface area contributed by atoms with Crippen LogP contribution in [0.2, 0.25) is 0 Å². The number of aliphatic imine (C=N–C) groups is 1. The summed E-state index contributed by atoms with van der Waals surface area (Å²) in [5.74, 6) is -0.879. The number of nitrogens with one attached hydrogen (secondary N) is 4. The van der Waals surface area contributed by atoms with Gasteiger partial charge in [0.25, 0.3) is 5.91 Å². The first-order valence-electron chi connectivity index (χ1n) is 11.3. The van der Waals surface area contributed by atoms with Crippen molar-refractivity contribution in [2.24, 2.45) is 4.99 Å². The fraction of sp³-hybridized carbons (Fsp3) is 0.200. The van der Waals surface area contributed by atoms with Gasteiger partial charge in [0, 0.05) is 17.8 Å². The molecule has 2 aromatic carbocycles. The Kier molecular flexibility index (Phi) is 7.20. The maximum Gasteiger partial charge on any atom is 0.252 e. The number of halogens is 1. The van der Waals surface area contributed by atoms with Crippen molar-refractivity contribution in [3.05, 3.63) is 71.3 Å². The topological polar surface area (TPSA) is 176 Å². The van der Waals surface area contributed by atoms with E-state index in [1.807, 2.05) is 25.1 Å². The molecular weight excluding hydrogens is 477 g/mol. The smallest absolute Gasteiger partial charge is 0.252 e. The van der Waals surface area contributed by atoms with Gasteiger partial charge in [-0.3, -0.25) is 20.1 Å². The number of amides is 1. The number of nitrogens with two attached hydrogens (primary N) is 1. The molecule has 0 saturated carbocycles. The van der Waals surface area contributed by atoms with Crippen LogP contribution in [-0.2, 0) is 4.79 Å². The normalized spacial score (nSPS) is 17.3. The van der Waals surface area contributed by atoms with Crippen molar-refractivity contribution in [1.82, 2.24) is 15.3 Å². The Balaban J connectivity index is 1.72. The first kappa shape index (κ1) is 25.4. The van der Waals surface area contributed by atoms with Crippen LogP contribution < -0.4 is 21.3 Å². The standard InChI is InChI=1S/C25H26FN9O2/c1-13-5-3-4-6-18(13)35-19(34-17(10-27)22(30-2)25(35)37)11-31-24-20(23(29)32-12-33-24)21(28)14-7-15(26)9-16(36)8-14/h3-10,12,17,22,27-28,30,36H,11H2,1-2H3,(H3,29,31,32,33). The second-order valence-corrected chi connectivity index (χ2v) is 8.34. The van der Waals surface area contributed by atoms with Gasteiger partial charge in [0.2, 0.25) is 0 Å². The number of rotatable bonds is 8. The number of nitrogen functional groups attached to an aromatic ring is 1. The van der Waals surface area contributed by atoms with Crippen molar-refractivity contribution < 1.29 is 14.3 Å². The molecule has 11 nitrogen and oxygen atoms in total. The van der Waals surface area contributed by atoms with E-state index in [1.54, 1.807) is 13.1 Å². The molecule has 3 aromatic rings. The number of aryl methyl sites for hydroxylation is 1. The van der Waals surface area contributed by atoms with Gasteiger partial charge in [-0.1, -0.05) is 18.2 Å². The zero-order chi connectivity index (χ0) is 26.7. The summed E-state index contributed by atoms with van der Waals surface area (Å²) in [6, 6.07) is 9.17. The number of carbonyl (C=O) groups excluding carboxylic acids is 1. The lowest BCUT2D eigenvalue weighted by Gasteiger charge is -2.36. The van der Waals surface area contributed by atoms with Crippen molar-refractivity contribution in [2.75, 3.05) is 29.5 Å². The van der Waals surface area contributed by atoms with E-state index in [-0.39, 0.29) is 46.7 Å². The van der Waals surface area contributed by atoms with Gasteiger partial charge in [0.15, 0.2) is 0 Å². The van der Waals surface area contributed by atoms with Crippen LogP contribution >= 0.6 is 0 Å². The number of aromatic hydroxyl groups is 1. The van der Waals surface area contributed by atoms with Crippen LogP contribution in [0, 0.1) is 23.6 Å². The van der Waals surface area contributed by atoms with E-state index in [1.165, 1.54) is 17.3 Å². The minimum Gasteiger partial charge on any atom is -0.508 e. The zero-order valence-electron chi connectivity index (χ0n) is 20.2. The fourth-order valence-corrected chi connectivity index (χ4v) is 4.15. The van der Waals surface area contributed by atoms with Crippen LogP contribution in [0.15, 0.2) is 53.8 Å². The average molecular weight is 504 g/mol. The zero-order valence-corrected chi connectivity index (χ0v) is 20.2. The Hall–Kier alpha value is -4.71. The number of hydrogen-bond donors (Lipinski definition) is 6. The Labute approximate surface area is 212 Å². The number of likely N-dealkylation sites (N-methyl/N-ethyl adjacent to an activating group) is 1. The van der Waals surface area contributed by atoms with Gasteiger partial charge < -0.3 is 26.9 Å². The van der Waals surface area contributed by atoms with Crippen LogP contribution in [-0.4, -0.2) is 64.4 Å². The molecule has 2 heterocycles. The summed E-state index contributed by atoms with van der Waals surface area (Å²) in [5.41, 5.74) is 7.52. The third-order valence-electron chi connectivity index (χ3n) is 5.93. The van der Waals surface area contributed by atoms with Gasteiger partial charge in [-0.25, -0.2) is 14.4 Å². The maximum atomic E-state index is 13.9. The maximum absolute atomic E-state index is 13.9. The van der Waals surface area contributed by atoms with E-state index < -0.39 is 17.9 Å². The fourth-order valence-electron chi connectivity index (χ4n) is 4.15. The third kappa shape index (κ3) is 5.00. The van der Waals surface area contributed by atoms with E-state index in [2.05, 4.69) is 25.6 Å². The molecule has 0 spiro atoms. The molecule has 1 aromatic heterocycles. The lowest BCUT2D eigenvalue weighted by molar-refractivity contribution is -0.119. The van der Waals surface area contributed by atoms with Crippen molar-refractivity contribution >= 4 is 41.0 Å². The van der Waals surface area contributed by atoms with Gasteiger partial charge in [0.05, 0.1) is 23.5 Å². The molecule has 0 fully saturated rings. The number of anilines is 3. The van der Waals surface area contributed by atoms with Crippen LogP contribution in [0.4, 0.5) is 21.7 Å². The Morgan fingerprint density at radius 2 is 2.03 bits per heavy atom. The minimum absolute atomic E-state index is 0.00795. The molecule has 0 saturated heterocycles. The molecule has 2 unspecified atom stereocenters. The van der Waals surface area contributed by atoms with Crippen LogP contribution in [0.1, 0.15) is 16.7 Å². The Morgan fingerprint density at radius 1 is 1.27 bits per heavy atom.